The number of hydrogen-bond acceptors (Lipinski definition) is 3. The highest BCUT2D eigenvalue weighted by Gasteiger charge is 1.98. The van der Waals surface area contributed by atoms with Gasteiger partial charge in [-0.3, -0.25) is 4.79 Å². The lowest BCUT2D eigenvalue weighted by atomic mass is 10.1. The minimum absolute atomic E-state index is 0.0824. The lowest BCUT2D eigenvalue weighted by Gasteiger charge is -2.08. The highest BCUT2D eigenvalue weighted by Crippen LogP contribution is 2.10. The second-order valence-corrected chi connectivity index (χ2v) is 4.22. The summed E-state index contributed by atoms with van der Waals surface area (Å²) in [4.78, 5) is 11.1. The minimum atomic E-state index is 0.0824. The number of benzene rings is 2. The molecule has 0 aromatic heterocycles. The van der Waals surface area contributed by atoms with Crippen molar-refractivity contribution in [2.75, 3.05) is 18.5 Å². The lowest BCUT2D eigenvalue weighted by Crippen LogP contribution is -2.11. The van der Waals surface area contributed by atoms with Gasteiger partial charge in [0, 0.05) is 17.8 Å². The Morgan fingerprint density at radius 2 is 1.74 bits per heavy atom. The van der Waals surface area contributed by atoms with E-state index in [1.165, 1.54) is 0 Å². The molecule has 2 rings (SSSR count). The average Bonchev–Trinajstić information content (AvgIpc) is 2.45. The van der Waals surface area contributed by atoms with Gasteiger partial charge in [0.1, 0.15) is 12.4 Å². The average molecular weight is 255 g/mol. The smallest absolute Gasteiger partial charge is 0.159 e. The van der Waals surface area contributed by atoms with Crippen LogP contribution in [0.15, 0.2) is 54.6 Å². The Morgan fingerprint density at radius 3 is 2.37 bits per heavy atom. The molecular weight excluding hydrogens is 238 g/mol. The maximum Gasteiger partial charge on any atom is 0.159 e. The van der Waals surface area contributed by atoms with Gasteiger partial charge >= 0.3 is 0 Å². The van der Waals surface area contributed by atoms with Crippen molar-refractivity contribution < 1.29 is 9.53 Å². The molecule has 0 bridgehead atoms. The second kappa shape index (κ2) is 6.59. The zero-order valence-corrected chi connectivity index (χ0v) is 10.9. The van der Waals surface area contributed by atoms with Gasteiger partial charge in [0.25, 0.3) is 0 Å². The maximum absolute atomic E-state index is 11.1. The molecule has 0 unspecified atom stereocenters. The number of rotatable bonds is 6. The van der Waals surface area contributed by atoms with Crippen LogP contribution in [0.4, 0.5) is 5.69 Å². The van der Waals surface area contributed by atoms with Crippen LogP contribution in [-0.4, -0.2) is 18.9 Å². The van der Waals surface area contributed by atoms with Crippen molar-refractivity contribution in [3.63, 3.8) is 0 Å². The summed E-state index contributed by atoms with van der Waals surface area (Å²) in [5, 5.41) is 3.24. The quantitative estimate of drug-likeness (QED) is 0.635. The van der Waals surface area contributed by atoms with E-state index in [4.69, 9.17) is 4.74 Å². The molecule has 0 aliphatic carbocycles. The van der Waals surface area contributed by atoms with Crippen molar-refractivity contribution in [1.82, 2.24) is 0 Å². The fraction of sp³-hybridized carbons (Fsp3) is 0.188. The third-order valence-electron chi connectivity index (χ3n) is 2.73. The van der Waals surface area contributed by atoms with Crippen LogP contribution in [0.25, 0.3) is 0 Å². The van der Waals surface area contributed by atoms with E-state index in [2.05, 4.69) is 5.32 Å². The van der Waals surface area contributed by atoms with Crippen molar-refractivity contribution in [2.45, 2.75) is 6.92 Å². The molecule has 0 fully saturated rings. The molecule has 19 heavy (non-hydrogen) atoms. The van der Waals surface area contributed by atoms with Gasteiger partial charge in [0.2, 0.25) is 0 Å². The van der Waals surface area contributed by atoms with Gasteiger partial charge in [-0.25, -0.2) is 0 Å². The number of nitrogens with one attached hydrogen (secondary N) is 1. The van der Waals surface area contributed by atoms with Crippen molar-refractivity contribution in [2.24, 2.45) is 0 Å². The van der Waals surface area contributed by atoms with Gasteiger partial charge in [0.05, 0.1) is 0 Å². The standard InChI is InChI=1S/C16H17NO2/c1-13(18)14-7-9-15(10-8-14)17-11-12-19-16-5-3-2-4-6-16/h2-10,17H,11-12H2,1H3. The van der Waals surface area contributed by atoms with Crippen LogP contribution in [0.5, 0.6) is 5.75 Å². The number of Topliss-reactive ketones (excluding diaryl/α,β-unsaturated/α-hetero) is 1. The molecule has 0 spiro atoms. The maximum atomic E-state index is 11.1. The number of hydrogen-bond donors (Lipinski definition) is 1. The highest BCUT2D eigenvalue weighted by molar-refractivity contribution is 5.94. The molecule has 0 aliphatic rings. The topological polar surface area (TPSA) is 38.3 Å². The van der Waals surface area contributed by atoms with Crippen LogP contribution >= 0.6 is 0 Å². The molecule has 2 aromatic rings. The molecule has 2 aromatic carbocycles. The molecule has 0 atom stereocenters. The number of carbonyl (C=O) groups is 1. The van der Waals surface area contributed by atoms with E-state index in [0.717, 1.165) is 17.0 Å². The molecule has 1 N–H and O–H groups in total. The molecule has 0 heterocycles. The van der Waals surface area contributed by atoms with Crippen LogP contribution in [0.3, 0.4) is 0 Å². The normalized spacial score (nSPS) is 9.95. The van der Waals surface area contributed by atoms with Crippen LogP contribution in [-0.2, 0) is 0 Å². The number of carbonyl (C=O) groups excluding carboxylic acids is 1. The molecule has 0 amide bonds. The number of para-hydroxylation sites is 1. The molecular formula is C16H17NO2. The summed E-state index contributed by atoms with van der Waals surface area (Å²) >= 11 is 0. The molecule has 0 saturated heterocycles. The fourth-order valence-electron chi connectivity index (χ4n) is 1.70. The fourth-order valence-corrected chi connectivity index (χ4v) is 1.70. The monoisotopic (exact) mass is 255 g/mol. The highest BCUT2D eigenvalue weighted by atomic mass is 16.5. The summed E-state index contributed by atoms with van der Waals surface area (Å²) in [6.45, 7) is 2.88. The van der Waals surface area contributed by atoms with Gasteiger partial charge in [0.15, 0.2) is 5.78 Å². The van der Waals surface area contributed by atoms with Crippen LogP contribution in [0, 0.1) is 0 Å². The minimum Gasteiger partial charge on any atom is -0.492 e. The Kier molecular flexibility index (Phi) is 4.56. The van der Waals surface area contributed by atoms with E-state index in [0.29, 0.717) is 13.2 Å². The van der Waals surface area contributed by atoms with Gasteiger partial charge in [-0.1, -0.05) is 18.2 Å². The van der Waals surface area contributed by atoms with E-state index < -0.39 is 0 Å². The molecule has 0 saturated carbocycles. The molecule has 3 nitrogen and oxygen atoms in total. The van der Waals surface area contributed by atoms with Crippen molar-refractivity contribution in [3.05, 3.63) is 60.2 Å². The van der Waals surface area contributed by atoms with Crippen molar-refractivity contribution in [1.29, 1.82) is 0 Å². The van der Waals surface area contributed by atoms with E-state index in [-0.39, 0.29) is 5.78 Å². The Labute approximate surface area is 113 Å². The SMILES string of the molecule is CC(=O)c1ccc(NCCOc2ccccc2)cc1. The van der Waals surface area contributed by atoms with Gasteiger partial charge in [-0.2, -0.15) is 0 Å². The van der Waals surface area contributed by atoms with Crippen molar-refractivity contribution in [3.8, 4) is 5.75 Å². The summed E-state index contributed by atoms with van der Waals surface area (Å²) in [7, 11) is 0. The first-order valence-electron chi connectivity index (χ1n) is 6.28. The largest absolute Gasteiger partial charge is 0.492 e. The summed E-state index contributed by atoms with van der Waals surface area (Å²) in [5.74, 6) is 0.954. The van der Waals surface area contributed by atoms with E-state index in [1.807, 2.05) is 54.6 Å². The van der Waals surface area contributed by atoms with Gasteiger partial charge < -0.3 is 10.1 Å². The molecule has 0 radical (unpaired) electrons. The van der Waals surface area contributed by atoms with Crippen LogP contribution < -0.4 is 10.1 Å². The Balaban J connectivity index is 1.75. The summed E-state index contributed by atoms with van der Waals surface area (Å²) < 4.78 is 5.57. The van der Waals surface area contributed by atoms with E-state index in [9.17, 15) is 4.79 Å². The van der Waals surface area contributed by atoms with Crippen molar-refractivity contribution >= 4 is 11.5 Å². The summed E-state index contributed by atoms with van der Waals surface area (Å²) in [5.41, 5.74) is 1.72. The summed E-state index contributed by atoms with van der Waals surface area (Å²) in [6, 6.07) is 17.2. The van der Waals surface area contributed by atoms with Crippen LogP contribution in [0.1, 0.15) is 17.3 Å². The lowest BCUT2D eigenvalue weighted by molar-refractivity contribution is 0.101. The predicted molar refractivity (Wildman–Crippen MR) is 76.9 cm³/mol. The first-order valence-corrected chi connectivity index (χ1v) is 6.28. The van der Waals surface area contributed by atoms with E-state index in [1.54, 1.807) is 6.92 Å². The summed E-state index contributed by atoms with van der Waals surface area (Å²) in [6.07, 6.45) is 0. The molecule has 0 aliphatic heterocycles. The number of anilines is 1. The predicted octanol–water partition coefficient (Wildman–Crippen LogP) is 3.38. The number of ketones is 1. The zero-order chi connectivity index (χ0) is 13.5. The molecule has 98 valence electrons. The first-order chi connectivity index (χ1) is 9.25. The third-order valence-corrected chi connectivity index (χ3v) is 2.73. The third kappa shape index (κ3) is 4.14. The Hall–Kier alpha value is -2.29. The molecule has 3 heteroatoms. The van der Waals surface area contributed by atoms with E-state index >= 15 is 0 Å². The second-order valence-electron chi connectivity index (χ2n) is 4.22. The Morgan fingerprint density at radius 1 is 1.05 bits per heavy atom. The van der Waals surface area contributed by atoms with Gasteiger partial charge in [-0.05, 0) is 43.3 Å². The first kappa shape index (κ1) is 13.1. The number of ether oxygens (including phenoxy) is 1. The van der Waals surface area contributed by atoms with Gasteiger partial charge in [-0.15, -0.1) is 0 Å². The Bertz CT molecular complexity index is 520. The van der Waals surface area contributed by atoms with Crippen LogP contribution in [0.2, 0.25) is 0 Å². The zero-order valence-electron chi connectivity index (χ0n) is 10.9.